The molecule has 3 N–H and O–H groups in total. The van der Waals surface area contributed by atoms with Crippen LogP contribution in [0.25, 0.3) is 0 Å². The minimum absolute atomic E-state index is 0.373. The molecule has 1 atom stereocenters. The molecule has 2 aromatic rings. The Kier molecular flexibility index (Phi) is 4.95. The molecular weight excluding hydrogens is 352 g/mol. The smallest absolute Gasteiger partial charge is 0.348 e. The lowest BCUT2D eigenvalue weighted by Crippen LogP contribution is -2.34. The molecule has 0 radical (unpaired) electrons. The lowest BCUT2D eigenvalue weighted by Gasteiger charge is -2.17. The molecule has 8 heteroatoms. The highest BCUT2D eigenvalue weighted by Crippen LogP contribution is 2.38. The Balaban J connectivity index is 1.92. The van der Waals surface area contributed by atoms with Crippen LogP contribution in [0.15, 0.2) is 10.9 Å². The summed E-state index contributed by atoms with van der Waals surface area (Å²) >= 11 is 1.41. The van der Waals surface area contributed by atoms with E-state index in [2.05, 4.69) is 10.3 Å². The van der Waals surface area contributed by atoms with Crippen LogP contribution in [0.2, 0.25) is 0 Å². The van der Waals surface area contributed by atoms with Crippen molar-refractivity contribution in [2.45, 2.75) is 52.5 Å². The van der Waals surface area contributed by atoms with E-state index >= 15 is 0 Å². The Hall–Kier alpha value is -2.48. The van der Waals surface area contributed by atoms with Gasteiger partial charge in [-0.2, -0.15) is 4.98 Å². The Morgan fingerprint density at radius 1 is 1.31 bits per heavy atom. The van der Waals surface area contributed by atoms with Crippen LogP contribution in [-0.4, -0.2) is 21.4 Å². The summed E-state index contributed by atoms with van der Waals surface area (Å²) in [7, 11) is 0. The molecule has 0 fully saturated rings. The van der Waals surface area contributed by atoms with E-state index in [1.807, 2.05) is 0 Å². The summed E-state index contributed by atoms with van der Waals surface area (Å²) in [4.78, 5) is 41.9. The normalized spacial score (nSPS) is 14.6. The number of hydrogen-bond donors (Lipinski definition) is 2. The van der Waals surface area contributed by atoms with Crippen LogP contribution in [-0.2, 0) is 17.6 Å². The molecule has 2 aromatic heterocycles. The molecule has 0 aliphatic heterocycles. The summed E-state index contributed by atoms with van der Waals surface area (Å²) in [6.07, 6.45) is 3.78. The Labute approximate surface area is 155 Å². The van der Waals surface area contributed by atoms with Crippen LogP contribution in [0, 0.1) is 13.8 Å². The van der Waals surface area contributed by atoms with Gasteiger partial charge in [-0.3, -0.25) is 14.2 Å². The van der Waals surface area contributed by atoms with Gasteiger partial charge in [0.15, 0.2) is 0 Å². The molecule has 7 nitrogen and oxygen atoms in total. The molecule has 1 aliphatic rings. The maximum atomic E-state index is 12.7. The van der Waals surface area contributed by atoms with Crippen molar-refractivity contribution in [3.63, 3.8) is 0 Å². The number of nitrogens with one attached hydrogen (secondary N) is 1. The van der Waals surface area contributed by atoms with Gasteiger partial charge in [-0.25, -0.2) is 4.79 Å². The van der Waals surface area contributed by atoms with Crippen molar-refractivity contribution >= 4 is 28.2 Å². The molecule has 0 bridgehead atoms. The molecule has 26 heavy (non-hydrogen) atoms. The molecule has 0 saturated carbocycles. The van der Waals surface area contributed by atoms with E-state index in [0.29, 0.717) is 22.0 Å². The third-order valence-corrected chi connectivity index (χ3v) is 5.90. The summed E-state index contributed by atoms with van der Waals surface area (Å²) in [5.41, 5.74) is 7.74. The van der Waals surface area contributed by atoms with Crippen LogP contribution in [0.3, 0.4) is 0 Å². The largest absolute Gasteiger partial charge is 0.365 e. The van der Waals surface area contributed by atoms with E-state index in [1.165, 1.54) is 15.9 Å². The number of anilines is 1. The molecule has 1 unspecified atom stereocenters. The maximum Gasteiger partial charge on any atom is 0.348 e. The third kappa shape index (κ3) is 3.29. The number of nitrogens with zero attached hydrogens (tertiary/aromatic N) is 2. The van der Waals surface area contributed by atoms with Crippen molar-refractivity contribution in [1.82, 2.24) is 9.55 Å². The SMILES string of the molecule is Cc1cc(C)n(C(C)C(=O)Nc2sc3c(c2C(N)=O)CCCC3)c(=O)n1. The quantitative estimate of drug-likeness (QED) is 0.854. The molecule has 3 rings (SSSR count). The standard InChI is InChI=1S/C18H22N4O3S/c1-9-8-10(2)22(18(25)20-9)11(3)16(24)21-17-14(15(19)23)12-6-4-5-7-13(12)26-17/h8,11H,4-7H2,1-3H3,(H2,19,23)(H,21,24). The second-order valence-corrected chi connectivity index (χ2v) is 7.74. The summed E-state index contributed by atoms with van der Waals surface area (Å²) in [6.45, 7) is 5.13. The zero-order valence-electron chi connectivity index (χ0n) is 15.1. The van der Waals surface area contributed by atoms with Gasteiger partial charge in [0.2, 0.25) is 5.91 Å². The summed E-state index contributed by atoms with van der Waals surface area (Å²) in [5, 5.41) is 3.29. The van der Waals surface area contributed by atoms with Gasteiger partial charge in [-0.1, -0.05) is 0 Å². The van der Waals surface area contributed by atoms with Gasteiger partial charge < -0.3 is 11.1 Å². The first-order chi connectivity index (χ1) is 12.3. The van der Waals surface area contributed by atoms with E-state index in [4.69, 9.17) is 5.73 Å². The number of carbonyl (C=O) groups excluding carboxylic acids is 2. The van der Waals surface area contributed by atoms with Crippen LogP contribution in [0.5, 0.6) is 0 Å². The fourth-order valence-electron chi connectivity index (χ4n) is 3.48. The predicted octanol–water partition coefficient (Wildman–Crippen LogP) is 2.10. The van der Waals surface area contributed by atoms with Gasteiger partial charge in [-0.15, -0.1) is 11.3 Å². The van der Waals surface area contributed by atoms with Crippen LogP contribution >= 0.6 is 11.3 Å². The Morgan fingerprint density at radius 3 is 2.65 bits per heavy atom. The average molecular weight is 374 g/mol. The number of primary amides is 1. The molecular formula is C18H22N4O3S. The fourth-order valence-corrected chi connectivity index (χ4v) is 4.78. The van der Waals surface area contributed by atoms with Crippen LogP contribution in [0.1, 0.15) is 58.0 Å². The molecule has 2 amide bonds. The first-order valence-corrected chi connectivity index (χ1v) is 9.43. The zero-order valence-corrected chi connectivity index (χ0v) is 15.9. The number of carbonyl (C=O) groups is 2. The molecule has 0 spiro atoms. The summed E-state index contributed by atoms with van der Waals surface area (Å²) < 4.78 is 1.35. The Morgan fingerprint density at radius 2 is 2.00 bits per heavy atom. The van der Waals surface area contributed by atoms with Gasteiger partial charge in [0.1, 0.15) is 11.0 Å². The van der Waals surface area contributed by atoms with Crippen molar-refractivity contribution in [1.29, 1.82) is 0 Å². The number of rotatable bonds is 4. The second-order valence-electron chi connectivity index (χ2n) is 6.64. The van der Waals surface area contributed by atoms with E-state index in [9.17, 15) is 14.4 Å². The third-order valence-electron chi connectivity index (χ3n) is 4.70. The average Bonchev–Trinajstić information content (AvgIpc) is 2.91. The number of amides is 2. The van der Waals surface area contributed by atoms with Crippen molar-refractivity contribution in [2.75, 3.05) is 5.32 Å². The Bertz CT molecular complexity index is 945. The van der Waals surface area contributed by atoms with Gasteiger partial charge in [0, 0.05) is 16.3 Å². The lowest BCUT2D eigenvalue weighted by atomic mass is 9.95. The van der Waals surface area contributed by atoms with Gasteiger partial charge in [0.25, 0.3) is 5.91 Å². The van der Waals surface area contributed by atoms with Crippen molar-refractivity contribution < 1.29 is 9.59 Å². The monoisotopic (exact) mass is 374 g/mol. The molecule has 2 heterocycles. The molecule has 0 saturated heterocycles. The number of aromatic nitrogens is 2. The van der Waals surface area contributed by atoms with E-state index in [-0.39, 0.29) is 5.91 Å². The molecule has 0 aromatic carbocycles. The maximum absolute atomic E-state index is 12.7. The molecule has 1 aliphatic carbocycles. The van der Waals surface area contributed by atoms with Gasteiger partial charge >= 0.3 is 5.69 Å². The summed E-state index contributed by atoms with van der Waals surface area (Å²) in [6, 6.07) is 1.000. The molecule has 138 valence electrons. The highest BCUT2D eigenvalue weighted by atomic mass is 32.1. The van der Waals surface area contributed by atoms with E-state index in [1.54, 1.807) is 26.8 Å². The zero-order chi connectivity index (χ0) is 19.0. The van der Waals surface area contributed by atoms with Gasteiger partial charge in [-0.05, 0) is 58.1 Å². The number of nitrogens with two attached hydrogens (primary N) is 1. The lowest BCUT2D eigenvalue weighted by molar-refractivity contribution is -0.118. The summed E-state index contributed by atoms with van der Waals surface area (Å²) in [5.74, 6) is -0.903. The minimum atomic E-state index is -0.754. The van der Waals surface area contributed by atoms with Crippen LogP contribution in [0.4, 0.5) is 5.00 Å². The van der Waals surface area contributed by atoms with Crippen molar-refractivity contribution in [3.05, 3.63) is 43.9 Å². The van der Waals surface area contributed by atoms with Crippen molar-refractivity contribution in [3.8, 4) is 0 Å². The first kappa shape index (κ1) is 18.3. The van der Waals surface area contributed by atoms with Gasteiger partial charge in [0.05, 0.1) is 5.56 Å². The number of aryl methyl sites for hydroxylation is 3. The highest BCUT2D eigenvalue weighted by molar-refractivity contribution is 7.17. The number of fused-ring (bicyclic) bond motifs is 1. The second kappa shape index (κ2) is 7.03. The van der Waals surface area contributed by atoms with Crippen LogP contribution < -0.4 is 16.7 Å². The first-order valence-electron chi connectivity index (χ1n) is 8.61. The number of hydrogen-bond acceptors (Lipinski definition) is 5. The minimum Gasteiger partial charge on any atom is -0.365 e. The topological polar surface area (TPSA) is 107 Å². The fraction of sp³-hybridized carbons (Fsp3) is 0.444. The predicted molar refractivity (Wildman–Crippen MR) is 101 cm³/mol. The van der Waals surface area contributed by atoms with E-state index < -0.39 is 17.6 Å². The van der Waals surface area contributed by atoms with Crippen molar-refractivity contribution in [2.24, 2.45) is 5.73 Å². The van der Waals surface area contributed by atoms with E-state index in [0.717, 1.165) is 36.1 Å². The highest BCUT2D eigenvalue weighted by Gasteiger charge is 2.27. The number of thiophene rings is 1.